The van der Waals surface area contributed by atoms with Crippen molar-refractivity contribution in [2.75, 3.05) is 39.3 Å². The molecule has 0 saturated carbocycles. The van der Waals surface area contributed by atoms with Crippen molar-refractivity contribution in [2.45, 2.75) is 20.4 Å². The topological polar surface area (TPSA) is 53.1 Å². The van der Waals surface area contributed by atoms with Crippen molar-refractivity contribution in [3.8, 4) is 5.75 Å². The number of carbonyl (C=O) groups excluding carboxylic acids is 2. The summed E-state index contributed by atoms with van der Waals surface area (Å²) in [6.07, 6.45) is 2.98. The maximum absolute atomic E-state index is 12.8. The van der Waals surface area contributed by atoms with Crippen molar-refractivity contribution in [1.29, 1.82) is 0 Å². The lowest BCUT2D eigenvalue weighted by Crippen LogP contribution is -2.43. The molecule has 164 valence electrons. The van der Waals surface area contributed by atoms with Crippen molar-refractivity contribution in [1.82, 2.24) is 14.7 Å². The number of ether oxygens (including phenoxy) is 1. The Balaban J connectivity index is 1.55. The zero-order valence-corrected chi connectivity index (χ0v) is 18.4. The van der Waals surface area contributed by atoms with Crippen LogP contribution in [0.5, 0.6) is 5.75 Å². The molecular formula is C25H31N3O3. The fourth-order valence-corrected chi connectivity index (χ4v) is 3.57. The van der Waals surface area contributed by atoms with Crippen LogP contribution in [0.2, 0.25) is 0 Å². The molecular weight excluding hydrogens is 390 g/mol. The number of nitrogens with zero attached hydrogens (tertiary/aromatic N) is 3. The molecule has 2 aromatic carbocycles. The normalized spacial score (nSPS) is 14.6. The van der Waals surface area contributed by atoms with Crippen LogP contribution in [-0.2, 0) is 6.54 Å². The van der Waals surface area contributed by atoms with Crippen LogP contribution in [0.25, 0.3) is 0 Å². The highest BCUT2D eigenvalue weighted by atomic mass is 16.6. The van der Waals surface area contributed by atoms with E-state index in [4.69, 9.17) is 4.74 Å². The predicted molar refractivity (Wildman–Crippen MR) is 122 cm³/mol. The second kappa shape index (κ2) is 11.3. The summed E-state index contributed by atoms with van der Waals surface area (Å²) in [5, 5.41) is 0. The number of amides is 1. The van der Waals surface area contributed by atoms with Gasteiger partial charge in [0.25, 0.3) is 0 Å². The second-order valence-corrected chi connectivity index (χ2v) is 7.51. The number of ketones is 1. The van der Waals surface area contributed by atoms with Crippen molar-refractivity contribution in [2.24, 2.45) is 0 Å². The molecule has 1 heterocycles. The van der Waals surface area contributed by atoms with E-state index in [1.54, 1.807) is 35.2 Å². The molecule has 1 saturated heterocycles. The maximum atomic E-state index is 12.8. The van der Waals surface area contributed by atoms with Crippen LogP contribution < -0.4 is 4.74 Å². The summed E-state index contributed by atoms with van der Waals surface area (Å²) >= 11 is 0. The number of hydrogen-bond acceptors (Lipinski definition) is 5. The highest BCUT2D eigenvalue weighted by Gasteiger charge is 2.18. The van der Waals surface area contributed by atoms with Gasteiger partial charge >= 0.3 is 6.09 Å². The number of rotatable bonds is 8. The Kier molecular flexibility index (Phi) is 8.24. The van der Waals surface area contributed by atoms with Gasteiger partial charge < -0.3 is 14.5 Å². The van der Waals surface area contributed by atoms with Gasteiger partial charge in [0.05, 0.1) is 5.56 Å². The fraction of sp³-hybridized carbons (Fsp3) is 0.360. The zero-order chi connectivity index (χ0) is 22.1. The molecule has 1 aliphatic rings. The zero-order valence-electron chi connectivity index (χ0n) is 18.4. The van der Waals surface area contributed by atoms with Crippen molar-refractivity contribution < 1.29 is 14.3 Å². The molecule has 1 amide bonds. The smallest absolute Gasteiger partial charge is 0.409 e. The summed E-state index contributed by atoms with van der Waals surface area (Å²) < 4.78 is 5.49. The van der Waals surface area contributed by atoms with Gasteiger partial charge in [-0.1, -0.05) is 42.5 Å². The number of benzene rings is 2. The molecule has 0 atom stereocenters. The molecule has 6 heteroatoms. The average Bonchev–Trinajstić information content (AvgIpc) is 2.80. The first-order valence-electron chi connectivity index (χ1n) is 10.9. The van der Waals surface area contributed by atoms with Crippen molar-refractivity contribution >= 4 is 11.9 Å². The molecule has 0 aliphatic carbocycles. The van der Waals surface area contributed by atoms with E-state index in [9.17, 15) is 9.59 Å². The van der Waals surface area contributed by atoms with Crippen molar-refractivity contribution in [3.63, 3.8) is 0 Å². The van der Waals surface area contributed by atoms with Gasteiger partial charge in [0.2, 0.25) is 0 Å². The fourth-order valence-electron chi connectivity index (χ4n) is 3.57. The number of para-hydroxylation sites is 1. The van der Waals surface area contributed by atoms with Crippen LogP contribution in [-0.4, -0.2) is 65.8 Å². The molecule has 0 radical (unpaired) electrons. The molecule has 3 rings (SSSR count). The first-order valence-corrected chi connectivity index (χ1v) is 10.9. The summed E-state index contributed by atoms with van der Waals surface area (Å²) in [6, 6.07) is 17.3. The van der Waals surface area contributed by atoms with Crippen LogP contribution >= 0.6 is 0 Å². The van der Waals surface area contributed by atoms with Crippen LogP contribution in [0.4, 0.5) is 4.79 Å². The second-order valence-electron chi connectivity index (χ2n) is 7.51. The number of allylic oxidation sites excluding steroid dienone is 1. The minimum absolute atomic E-state index is 0.172. The van der Waals surface area contributed by atoms with Gasteiger partial charge in [-0.15, -0.1) is 0 Å². The Morgan fingerprint density at radius 3 is 2.26 bits per heavy atom. The summed E-state index contributed by atoms with van der Waals surface area (Å²) in [5.74, 6) is 0.122. The third-order valence-electron chi connectivity index (χ3n) is 5.46. The van der Waals surface area contributed by atoms with Gasteiger partial charge in [0.15, 0.2) is 5.78 Å². The Labute approximate surface area is 184 Å². The predicted octanol–water partition coefficient (Wildman–Crippen LogP) is 4.04. The Morgan fingerprint density at radius 1 is 0.935 bits per heavy atom. The number of piperazine rings is 1. The monoisotopic (exact) mass is 421 g/mol. The lowest BCUT2D eigenvalue weighted by atomic mass is 10.1. The van der Waals surface area contributed by atoms with Gasteiger partial charge in [-0.25, -0.2) is 4.79 Å². The molecule has 31 heavy (non-hydrogen) atoms. The maximum Gasteiger partial charge on any atom is 0.415 e. The van der Waals surface area contributed by atoms with Gasteiger partial charge in [-0.05, 0) is 31.5 Å². The van der Waals surface area contributed by atoms with Crippen LogP contribution in [0.1, 0.15) is 29.8 Å². The standard InChI is InChI=1S/C25H31N3O3/c1-3-28(4-2)25(30)31-24-13-9-8-12-22(24)23(29)14-15-26-16-18-27(19-17-26)20-21-10-6-5-7-11-21/h5-15H,3-4,16-20H2,1-2H3. The summed E-state index contributed by atoms with van der Waals surface area (Å²) in [4.78, 5) is 31.2. The van der Waals surface area contributed by atoms with E-state index in [0.717, 1.165) is 32.7 Å². The molecule has 0 bridgehead atoms. The molecule has 0 unspecified atom stereocenters. The molecule has 1 aliphatic heterocycles. The average molecular weight is 422 g/mol. The molecule has 0 N–H and O–H groups in total. The van der Waals surface area contributed by atoms with E-state index < -0.39 is 6.09 Å². The molecule has 2 aromatic rings. The van der Waals surface area contributed by atoms with E-state index in [1.807, 2.05) is 26.1 Å². The summed E-state index contributed by atoms with van der Waals surface area (Å²) in [7, 11) is 0. The van der Waals surface area contributed by atoms with E-state index >= 15 is 0 Å². The minimum Gasteiger partial charge on any atom is -0.409 e. The third-order valence-corrected chi connectivity index (χ3v) is 5.46. The van der Waals surface area contributed by atoms with Gasteiger partial charge in [-0.3, -0.25) is 9.69 Å². The summed E-state index contributed by atoms with van der Waals surface area (Å²) in [5.41, 5.74) is 1.71. The quantitative estimate of drug-likeness (QED) is 0.476. The highest BCUT2D eigenvalue weighted by molar-refractivity contribution is 6.06. The van der Waals surface area contributed by atoms with Crippen LogP contribution in [0.3, 0.4) is 0 Å². The first kappa shape index (κ1) is 22.6. The van der Waals surface area contributed by atoms with Crippen molar-refractivity contribution in [3.05, 3.63) is 78.0 Å². The van der Waals surface area contributed by atoms with Gasteiger partial charge in [0, 0.05) is 58.1 Å². The Hall–Kier alpha value is -3.12. The SMILES string of the molecule is CCN(CC)C(=O)Oc1ccccc1C(=O)C=CN1CCN(Cc2ccccc2)CC1. The largest absolute Gasteiger partial charge is 0.415 e. The van der Waals surface area contributed by atoms with Crippen LogP contribution in [0.15, 0.2) is 66.9 Å². The Morgan fingerprint density at radius 2 is 1.58 bits per heavy atom. The van der Waals surface area contributed by atoms with E-state index in [2.05, 4.69) is 34.1 Å². The summed E-state index contributed by atoms with van der Waals surface area (Å²) in [6.45, 7) is 9.49. The minimum atomic E-state index is -0.441. The molecule has 6 nitrogen and oxygen atoms in total. The first-order chi connectivity index (χ1) is 15.1. The molecule has 0 spiro atoms. The lowest BCUT2D eigenvalue weighted by Gasteiger charge is -2.34. The van der Waals surface area contributed by atoms with E-state index in [0.29, 0.717) is 24.4 Å². The van der Waals surface area contributed by atoms with E-state index in [-0.39, 0.29) is 5.78 Å². The highest BCUT2D eigenvalue weighted by Crippen LogP contribution is 2.20. The number of carbonyl (C=O) groups is 2. The third kappa shape index (κ3) is 6.43. The number of hydrogen-bond donors (Lipinski definition) is 0. The lowest BCUT2D eigenvalue weighted by molar-refractivity contribution is 0.103. The van der Waals surface area contributed by atoms with Gasteiger partial charge in [-0.2, -0.15) is 0 Å². The Bertz CT molecular complexity index is 886. The van der Waals surface area contributed by atoms with E-state index in [1.165, 1.54) is 5.56 Å². The molecule has 0 aromatic heterocycles. The van der Waals surface area contributed by atoms with Crippen LogP contribution in [0, 0.1) is 0 Å². The molecule has 1 fully saturated rings. The van der Waals surface area contributed by atoms with Gasteiger partial charge in [0.1, 0.15) is 5.75 Å².